The van der Waals surface area contributed by atoms with Crippen molar-refractivity contribution in [2.75, 3.05) is 6.61 Å². The Morgan fingerprint density at radius 3 is 2.89 bits per heavy atom. The van der Waals surface area contributed by atoms with Gasteiger partial charge in [0, 0.05) is 0 Å². The molecule has 1 atom stereocenters. The zero-order valence-corrected chi connectivity index (χ0v) is 11.0. The van der Waals surface area contributed by atoms with Gasteiger partial charge in [-0.05, 0) is 25.5 Å². The van der Waals surface area contributed by atoms with Gasteiger partial charge in [-0.15, -0.1) is 0 Å². The van der Waals surface area contributed by atoms with E-state index >= 15 is 0 Å². The van der Waals surface area contributed by atoms with Gasteiger partial charge in [-0.1, -0.05) is 19.1 Å². The maximum Gasteiger partial charge on any atom is 0.432 e. The largest absolute Gasteiger partial charge is 0.463 e. The second-order valence-electron chi connectivity index (χ2n) is 4.26. The van der Waals surface area contributed by atoms with E-state index in [0.717, 1.165) is 22.5 Å². The second kappa shape index (κ2) is 5.71. The van der Waals surface area contributed by atoms with Gasteiger partial charge in [0.1, 0.15) is 11.9 Å². The zero-order valence-electron chi connectivity index (χ0n) is 11.0. The summed E-state index contributed by atoms with van der Waals surface area (Å²) < 4.78 is 0. The summed E-state index contributed by atoms with van der Waals surface area (Å²) >= 11 is 0. The van der Waals surface area contributed by atoms with Crippen molar-refractivity contribution in [3.05, 3.63) is 30.1 Å². The van der Waals surface area contributed by atoms with Crippen LogP contribution in [0.3, 0.4) is 0 Å². The summed E-state index contributed by atoms with van der Waals surface area (Å²) in [6.07, 6.45) is -0.377. The molecule has 2 rings (SSSR count). The van der Waals surface area contributed by atoms with Crippen molar-refractivity contribution in [2.24, 2.45) is 0 Å². The Balaban J connectivity index is 2.24. The predicted molar refractivity (Wildman–Crippen MR) is 70.6 cm³/mol. The molecule has 1 unspecified atom stereocenters. The van der Waals surface area contributed by atoms with Gasteiger partial charge in [0.2, 0.25) is 0 Å². The van der Waals surface area contributed by atoms with E-state index in [0.29, 0.717) is 12.4 Å². The number of nitrogens with one attached hydrogen (secondary N) is 1. The number of H-pyrrole nitrogens is 1. The van der Waals surface area contributed by atoms with E-state index < -0.39 is 12.1 Å². The fourth-order valence-electron chi connectivity index (χ4n) is 1.80. The fourth-order valence-corrected chi connectivity index (χ4v) is 1.80. The number of imidazole rings is 1. The Bertz CT molecular complexity index is 534. The molecule has 1 aromatic carbocycles. The van der Waals surface area contributed by atoms with Crippen molar-refractivity contribution < 1.29 is 14.7 Å². The molecule has 6 nitrogen and oxygen atoms in total. The van der Waals surface area contributed by atoms with Gasteiger partial charge in [-0.25, -0.2) is 9.78 Å². The van der Waals surface area contributed by atoms with Crippen LogP contribution in [0.25, 0.3) is 11.0 Å². The SMILES string of the molecule is CCCON(C(=O)O)C(C)c1nc2ccccc2[nH]1. The van der Waals surface area contributed by atoms with Crippen LogP contribution >= 0.6 is 0 Å². The number of hydrogen-bond acceptors (Lipinski definition) is 3. The Labute approximate surface area is 111 Å². The van der Waals surface area contributed by atoms with Crippen LogP contribution in [-0.2, 0) is 4.84 Å². The molecule has 2 aromatic rings. The fraction of sp³-hybridized carbons (Fsp3) is 0.385. The second-order valence-corrected chi connectivity index (χ2v) is 4.26. The molecule has 102 valence electrons. The van der Waals surface area contributed by atoms with Gasteiger partial charge < -0.3 is 10.1 Å². The number of aromatic nitrogens is 2. The van der Waals surface area contributed by atoms with Crippen LogP contribution in [-0.4, -0.2) is 32.8 Å². The molecule has 1 aromatic heterocycles. The van der Waals surface area contributed by atoms with Crippen LogP contribution < -0.4 is 0 Å². The minimum absolute atomic E-state index is 0.358. The molecule has 0 aliphatic rings. The number of hydrogen-bond donors (Lipinski definition) is 2. The maximum absolute atomic E-state index is 11.2. The molecule has 19 heavy (non-hydrogen) atoms. The van der Waals surface area contributed by atoms with Gasteiger partial charge in [0.15, 0.2) is 0 Å². The summed E-state index contributed by atoms with van der Waals surface area (Å²) in [6, 6.07) is 7.07. The lowest BCUT2D eigenvalue weighted by Crippen LogP contribution is -2.33. The average Bonchev–Trinajstić information content (AvgIpc) is 2.82. The average molecular weight is 263 g/mol. The summed E-state index contributed by atoms with van der Waals surface area (Å²) in [4.78, 5) is 23.9. The van der Waals surface area contributed by atoms with Crippen molar-refractivity contribution in [1.82, 2.24) is 15.0 Å². The zero-order chi connectivity index (χ0) is 13.8. The number of carboxylic acid groups (broad SMARTS) is 1. The molecule has 0 radical (unpaired) electrons. The van der Waals surface area contributed by atoms with E-state index in [2.05, 4.69) is 9.97 Å². The van der Waals surface area contributed by atoms with Crippen LogP contribution in [0.1, 0.15) is 32.1 Å². The monoisotopic (exact) mass is 263 g/mol. The topological polar surface area (TPSA) is 78.4 Å². The predicted octanol–water partition coefficient (Wildman–Crippen LogP) is 2.95. The van der Waals surface area contributed by atoms with Crippen LogP contribution in [0.2, 0.25) is 0 Å². The third kappa shape index (κ3) is 2.85. The van der Waals surface area contributed by atoms with Crippen LogP contribution in [0, 0.1) is 0 Å². The number of rotatable bonds is 5. The molecular formula is C13H17N3O3. The third-order valence-corrected chi connectivity index (χ3v) is 2.78. The van der Waals surface area contributed by atoms with Crippen molar-refractivity contribution in [1.29, 1.82) is 0 Å². The lowest BCUT2D eigenvalue weighted by molar-refractivity contribution is -0.156. The van der Waals surface area contributed by atoms with Crippen LogP contribution in [0.4, 0.5) is 4.79 Å². The number of para-hydroxylation sites is 2. The summed E-state index contributed by atoms with van der Waals surface area (Å²) in [5.41, 5.74) is 1.69. The highest BCUT2D eigenvalue weighted by Gasteiger charge is 2.24. The van der Waals surface area contributed by atoms with E-state index in [1.54, 1.807) is 6.92 Å². The molecular weight excluding hydrogens is 246 g/mol. The first-order valence-corrected chi connectivity index (χ1v) is 6.23. The van der Waals surface area contributed by atoms with Crippen molar-refractivity contribution >= 4 is 17.1 Å². The highest BCUT2D eigenvalue weighted by molar-refractivity contribution is 5.75. The summed E-state index contributed by atoms with van der Waals surface area (Å²) in [6.45, 7) is 4.02. The number of aromatic amines is 1. The molecule has 0 saturated carbocycles. The Hall–Kier alpha value is -2.08. The van der Waals surface area contributed by atoms with Gasteiger partial charge >= 0.3 is 6.09 Å². The van der Waals surface area contributed by atoms with Crippen molar-refractivity contribution in [2.45, 2.75) is 26.3 Å². The smallest absolute Gasteiger partial charge is 0.432 e. The standard InChI is InChI=1S/C13H17N3O3/c1-3-8-19-16(13(17)18)9(2)12-14-10-6-4-5-7-11(10)15-12/h4-7,9H,3,8H2,1-2H3,(H,14,15)(H,17,18). The molecule has 0 aliphatic heterocycles. The summed E-state index contributed by atoms with van der Waals surface area (Å²) in [5, 5.41) is 10.1. The quantitative estimate of drug-likeness (QED) is 0.813. The number of fused-ring (bicyclic) bond motifs is 1. The number of carbonyl (C=O) groups is 1. The Morgan fingerprint density at radius 2 is 2.26 bits per heavy atom. The Morgan fingerprint density at radius 1 is 1.53 bits per heavy atom. The van der Waals surface area contributed by atoms with Gasteiger partial charge in [0.05, 0.1) is 17.6 Å². The van der Waals surface area contributed by atoms with Crippen molar-refractivity contribution in [3.8, 4) is 0 Å². The van der Waals surface area contributed by atoms with E-state index in [-0.39, 0.29) is 0 Å². The first kappa shape index (κ1) is 13.4. The van der Waals surface area contributed by atoms with Gasteiger partial charge in [0.25, 0.3) is 0 Å². The highest BCUT2D eigenvalue weighted by Crippen LogP contribution is 2.21. The summed E-state index contributed by atoms with van der Waals surface area (Å²) in [5.74, 6) is 0.569. The molecule has 6 heteroatoms. The van der Waals surface area contributed by atoms with E-state index in [9.17, 15) is 4.79 Å². The molecule has 0 bridgehead atoms. The molecule has 0 saturated heterocycles. The molecule has 1 heterocycles. The molecule has 1 amide bonds. The van der Waals surface area contributed by atoms with Gasteiger partial charge in [-0.3, -0.25) is 4.84 Å². The number of benzene rings is 1. The number of nitrogens with zero attached hydrogens (tertiary/aromatic N) is 2. The van der Waals surface area contributed by atoms with Crippen LogP contribution in [0.5, 0.6) is 0 Å². The minimum atomic E-state index is -1.12. The summed E-state index contributed by atoms with van der Waals surface area (Å²) in [7, 11) is 0. The normalized spacial score (nSPS) is 12.5. The maximum atomic E-state index is 11.2. The van der Waals surface area contributed by atoms with Crippen molar-refractivity contribution in [3.63, 3.8) is 0 Å². The lowest BCUT2D eigenvalue weighted by Gasteiger charge is -2.23. The first-order valence-electron chi connectivity index (χ1n) is 6.23. The third-order valence-electron chi connectivity index (χ3n) is 2.78. The number of hydroxylamine groups is 2. The van der Waals surface area contributed by atoms with E-state index in [1.165, 1.54) is 0 Å². The Kier molecular flexibility index (Phi) is 4.01. The van der Waals surface area contributed by atoms with Gasteiger partial charge in [-0.2, -0.15) is 5.06 Å². The lowest BCUT2D eigenvalue weighted by atomic mass is 10.3. The van der Waals surface area contributed by atoms with E-state index in [4.69, 9.17) is 9.94 Å². The minimum Gasteiger partial charge on any atom is -0.463 e. The molecule has 2 N–H and O–H groups in total. The van der Waals surface area contributed by atoms with Crippen LogP contribution in [0.15, 0.2) is 24.3 Å². The molecule has 0 aliphatic carbocycles. The highest BCUT2D eigenvalue weighted by atomic mass is 16.7. The molecule has 0 spiro atoms. The van der Waals surface area contributed by atoms with E-state index in [1.807, 2.05) is 31.2 Å². The molecule has 0 fully saturated rings. The number of amides is 1. The first-order chi connectivity index (χ1) is 9.13.